The monoisotopic (exact) mass is 956 g/mol. The van der Waals surface area contributed by atoms with Crippen LogP contribution in [-0.2, 0) is 0 Å². The zero-order valence-electron chi connectivity index (χ0n) is 32.3. The van der Waals surface area contributed by atoms with Crippen LogP contribution in [0.2, 0.25) is 0 Å². The molecule has 1 aliphatic carbocycles. The summed E-state index contributed by atoms with van der Waals surface area (Å²) in [6, 6.07) is 2.58. The van der Waals surface area contributed by atoms with Crippen molar-refractivity contribution in [2.24, 2.45) is 0 Å². The Hall–Kier alpha value is -4.08. The van der Waals surface area contributed by atoms with Crippen LogP contribution in [0.15, 0.2) is 12.1 Å². The van der Waals surface area contributed by atoms with Gasteiger partial charge in [0.1, 0.15) is 52.9 Å². The first-order chi connectivity index (χ1) is 29.2. The lowest BCUT2D eigenvalue weighted by Crippen LogP contribution is -2.48. The Balaban J connectivity index is 1.24. The fourth-order valence-electron chi connectivity index (χ4n) is 8.15. The lowest BCUT2D eigenvalue weighted by Gasteiger charge is -2.26. The number of alkyl halides is 6. The van der Waals surface area contributed by atoms with Gasteiger partial charge in [-0.25, -0.2) is 0 Å². The highest BCUT2D eigenvalue weighted by Crippen LogP contribution is 2.69. The Kier molecular flexibility index (Phi) is 9.10. The van der Waals surface area contributed by atoms with Crippen molar-refractivity contribution in [1.82, 2.24) is 0 Å². The minimum Gasteiger partial charge on any atom is -0.485 e. The Morgan fingerprint density at radius 1 is 0.361 bits per heavy atom. The van der Waals surface area contributed by atoms with Crippen LogP contribution in [0.5, 0.6) is 46.0 Å². The van der Waals surface area contributed by atoms with Gasteiger partial charge in [-0.3, -0.25) is 0 Å². The quantitative estimate of drug-likeness (QED) is 0.153. The van der Waals surface area contributed by atoms with E-state index in [0.717, 1.165) is 55.1 Å². The topological polar surface area (TPSA) is 73.8 Å². The zero-order chi connectivity index (χ0) is 42.3. The summed E-state index contributed by atoms with van der Waals surface area (Å²) in [5.41, 5.74) is -3.97. The Bertz CT molecular complexity index is 2650. The van der Waals surface area contributed by atoms with Gasteiger partial charge in [0.15, 0.2) is 46.0 Å². The maximum absolute atomic E-state index is 17.2. The van der Waals surface area contributed by atoms with E-state index in [1.54, 1.807) is 13.8 Å². The maximum atomic E-state index is 17.2. The van der Waals surface area contributed by atoms with E-state index in [-0.39, 0.29) is 83.9 Å². The van der Waals surface area contributed by atoms with E-state index in [9.17, 15) is 0 Å². The van der Waals surface area contributed by atoms with E-state index in [1.807, 2.05) is 13.8 Å². The van der Waals surface area contributed by atoms with Gasteiger partial charge in [0.25, 0.3) is 0 Å². The molecule has 6 aromatic heterocycles. The number of fused-ring (bicyclic) bond motifs is 4. The summed E-state index contributed by atoms with van der Waals surface area (Å²) >= 11 is 6.82. The van der Waals surface area contributed by atoms with Gasteiger partial charge >= 0.3 is 17.8 Å². The Labute approximate surface area is 367 Å². The number of hydrogen-bond acceptors (Lipinski definition) is 14. The van der Waals surface area contributed by atoms with Gasteiger partial charge in [-0.2, -0.15) is 26.3 Å². The van der Waals surface area contributed by atoms with Crippen LogP contribution in [0.1, 0.15) is 30.6 Å². The van der Waals surface area contributed by atoms with Crippen molar-refractivity contribution < 1.29 is 64.2 Å². The molecule has 4 aliphatic heterocycles. The van der Waals surface area contributed by atoms with Crippen molar-refractivity contribution in [1.29, 1.82) is 0 Å². The summed E-state index contributed by atoms with van der Waals surface area (Å²) in [7, 11) is 0. The van der Waals surface area contributed by atoms with Crippen molar-refractivity contribution in [2.45, 2.75) is 45.5 Å². The molecule has 20 heteroatoms. The summed E-state index contributed by atoms with van der Waals surface area (Å²) in [4.78, 5) is 5.06. The number of allylic oxidation sites excluding steroid dienone is 2. The molecular formula is C41H30F6O8S6. The number of halogens is 6. The molecular weight excluding hydrogens is 927 g/mol. The highest BCUT2D eigenvalue weighted by atomic mass is 32.1. The first-order valence-corrected chi connectivity index (χ1v) is 23.8. The molecule has 5 aliphatic rings. The Morgan fingerprint density at radius 3 is 0.934 bits per heavy atom. The molecule has 0 atom stereocenters. The largest absolute Gasteiger partial charge is 0.485 e. The molecule has 0 spiro atoms. The molecule has 0 fully saturated rings. The van der Waals surface area contributed by atoms with Crippen molar-refractivity contribution in [2.75, 3.05) is 52.9 Å². The van der Waals surface area contributed by atoms with Crippen LogP contribution >= 0.6 is 68.0 Å². The number of aryl methyl sites for hydroxylation is 4. The minimum atomic E-state index is -5.86. The number of ether oxygens (including phenoxy) is 8. The first kappa shape index (κ1) is 39.7. The molecule has 0 amide bonds. The predicted molar refractivity (Wildman–Crippen MR) is 226 cm³/mol. The van der Waals surface area contributed by atoms with Gasteiger partial charge in [-0.15, -0.1) is 68.0 Å². The van der Waals surface area contributed by atoms with Crippen LogP contribution in [0, 0.1) is 27.7 Å². The van der Waals surface area contributed by atoms with Gasteiger partial charge in [0, 0.05) is 51.5 Å². The second-order valence-electron chi connectivity index (χ2n) is 14.6. The van der Waals surface area contributed by atoms with Gasteiger partial charge in [0.05, 0.1) is 29.3 Å². The second-order valence-corrected chi connectivity index (χ2v) is 21.6. The zero-order valence-corrected chi connectivity index (χ0v) is 37.2. The SMILES string of the molecule is Cc1sc(-c2cc(C3=C(c4cc(-c5sc(C)c6c5OCCO6)sc4-c4sc(C)c5c4OCCO5)C(F)(F)C(F)(F)C3(F)F)c(-c3sc(C)c4c3OCCO4)s2)c2c1OCCO2. The van der Waals surface area contributed by atoms with Gasteiger partial charge < -0.3 is 37.9 Å². The predicted octanol–water partition coefficient (Wildman–Crippen LogP) is 12.9. The molecule has 0 unspecified atom stereocenters. The van der Waals surface area contributed by atoms with Crippen LogP contribution < -0.4 is 37.9 Å². The lowest BCUT2D eigenvalue weighted by atomic mass is 9.93. The molecule has 0 bridgehead atoms. The molecule has 0 saturated carbocycles. The molecule has 0 N–H and O–H groups in total. The summed E-state index contributed by atoms with van der Waals surface area (Å²) in [5, 5.41) is 0. The minimum absolute atomic E-state index is 0.0404. The first-order valence-electron chi connectivity index (χ1n) is 18.9. The van der Waals surface area contributed by atoms with E-state index < -0.39 is 40.0 Å². The summed E-state index contributed by atoms with van der Waals surface area (Å²) in [6.45, 7) is 8.85. The molecule has 6 aromatic rings. The summed E-state index contributed by atoms with van der Waals surface area (Å²) in [6.07, 6.45) is 0. The lowest BCUT2D eigenvalue weighted by molar-refractivity contribution is -0.254. The van der Waals surface area contributed by atoms with Crippen LogP contribution in [0.25, 0.3) is 50.2 Å². The number of thiophene rings is 6. The molecule has 0 aromatic carbocycles. The summed E-state index contributed by atoms with van der Waals surface area (Å²) in [5.74, 6) is -13.7. The average molecular weight is 957 g/mol. The number of rotatable bonds is 6. The van der Waals surface area contributed by atoms with Gasteiger partial charge in [0.2, 0.25) is 0 Å². The summed E-state index contributed by atoms with van der Waals surface area (Å²) < 4.78 is 149. The van der Waals surface area contributed by atoms with E-state index in [1.165, 1.54) is 34.8 Å². The molecule has 8 nitrogen and oxygen atoms in total. The van der Waals surface area contributed by atoms with E-state index in [4.69, 9.17) is 37.9 Å². The van der Waals surface area contributed by atoms with E-state index in [0.29, 0.717) is 63.8 Å². The van der Waals surface area contributed by atoms with Gasteiger partial charge in [-0.05, 0) is 39.8 Å². The van der Waals surface area contributed by atoms with E-state index in [2.05, 4.69) is 0 Å². The van der Waals surface area contributed by atoms with E-state index >= 15 is 26.3 Å². The second kappa shape index (κ2) is 14.0. The smallest absolute Gasteiger partial charge is 0.380 e. The van der Waals surface area contributed by atoms with Crippen LogP contribution in [0.4, 0.5) is 26.3 Å². The van der Waals surface area contributed by atoms with Crippen molar-refractivity contribution in [3.63, 3.8) is 0 Å². The molecule has 320 valence electrons. The fourth-order valence-corrected chi connectivity index (χ4v) is 15.1. The van der Waals surface area contributed by atoms with Crippen molar-refractivity contribution in [3.05, 3.63) is 42.8 Å². The highest BCUT2D eigenvalue weighted by Gasteiger charge is 2.80. The Morgan fingerprint density at radius 2 is 0.623 bits per heavy atom. The fraction of sp³-hybridized carbons (Fsp3) is 0.366. The van der Waals surface area contributed by atoms with Crippen LogP contribution in [0.3, 0.4) is 0 Å². The average Bonchev–Trinajstić information content (AvgIpc) is 4.12. The standard InChI is InChI=1S/C41H30F6O8S6/c1-15-25-29(52-9-5-48-25)35(56-15)21-13-19(33(60-21)37-31-27(17(3)58-37)50-7-11-54-31)23-24(40(44,45)41(46,47)39(23,42)43)20-14-22(36-30-26(16(2)57-36)49-6-10-53-30)61-34(20)38-32-28(18(4)59-38)51-8-12-55-32/h13-14H,5-12H2,1-4H3. The molecule has 0 radical (unpaired) electrons. The molecule has 0 saturated heterocycles. The third-order valence-electron chi connectivity index (χ3n) is 10.8. The molecule has 10 heterocycles. The highest BCUT2D eigenvalue weighted by molar-refractivity contribution is 7.28. The third-order valence-corrected chi connectivity index (χ3v) is 18.0. The van der Waals surface area contributed by atoms with Crippen molar-refractivity contribution in [3.8, 4) is 85.0 Å². The normalized spacial score (nSPS) is 19.2. The van der Waals surface area contributed by atoms with Crippen LogP contribution in [-0.4, -0.2) is 70.6 Å². The molecule has 61 heavy (non-hydrogen) atoms. The third kappa shape index (κ3) is 5.63. The maximum Gasteiger partial charge on any atom is 0.380 e. The van der Waals surface area contributed by atoms with Gasteiger partial charge in [-0.1, -0.05) is 0 Å². The molecule has 11 rings (SSSR count). The van der Waals surface area contributed by atoms with Crippen molar-refractivity contribution >= 4 is 79.2 Å². The number of hydrogen-bond donors (Lipinski definition) is 0.